The number of benzene rings is 1. The van der Waals surface area contributed by atoms with Gasteiger partial charge in [0.15, 0.2) is 5.84 Å². The van der Waals surface area contributed by atoms with Gasteiger partial charge >= 0.3 is 0 Å². The third kappa shape index (κ3) is 2.27. The van der Waals surface area contributed by atoms with E-state index in [1.165, 1.54) is 11.1 Å². The van der Waals surface area contributed by atoms with E-state index in [0.717, 1.165) is 25.3 Å². The van der Waals surface area contributed by atoms with E-state index < -0.39 is 0 Å². The summed E-state index contributed by atoms with van der Waals surface area (Å²) in [5.74, 6) is 0.922. The first-order chi connectivity index (χ1) is 7.42. The zero-order chi connectivity index (χ0) is 10.5. The SMILES string of the molecule is NCCCNC1=NNCc2ccccc21. The second-order valence-electron chi connectivity index (χ2n) is 3.52. The van der Waals surface area contributed by atoms with Crippen molar-refractivity contribution in [3.8, 4) is 0 Å². The van der Waals surface area contributed by atoms with Gasteiger partial charge in [0.25, 0.3) is 0 Å². The Balaban J connectivity index is 2.09. The maximum Gasteiger partial charge on any atom is 0.153 e. The zero-order valence-electron chi connectivity index (χ0n) is 8.66. The van der Waals surface area contributed by atoms with E-state index in [1.54, 1.807) is 0 Å². The van der Waals surface area contributed by atoms with E-state index in [0.29, 0.717) is 6.54 Å². The topological polar surface area (TPSA) is 62.4 Å². The molecule has 0 atom stereocenters. The van der Waals surface area contributed by atoms with Crippen LogP contribution in [0.1, 0.15) is 17.5 Å². The van der Waals surface area contributed by atoms with Crippen molar-refractivity contribution in [1.82, 2.24) is 10.7 Å². The molecule has 1 aliphatic heterocycles. The van der Waals surface area contributed by atoms with Crippen LogP contribution in [0.5, 0.6) is 0 Å². The highest BCUT2D eigenvalue weighted by Gasteiger charge is 2.11. The number of hydrogen-bond donors (Lipinski definition) is 3. The van der Waals surface area contributed by atoms with Crippen molar-refractivity contribution in [2.45, 2.75) is 13.0 Å². The predicted molar refractivity (Wildman–Crippen MR) is 61.5 cm³/mol. The number of nitrogens with one attached hydrogen (secondary N) is 2. The summed E-state index contributed by atoms with van der Waals surface area (Å²) in [5.41, 5.74) is 10.9. The predicted octanol–water partition coefficient (Wildman–Crippen LogP) is 0.390. The van der Waals surface area contributed by atoms with Crippen LogP contribution in [0.2, 0.25) is 0 Å². The van der Waals surface area contributed by atoms with Gasteiger partial charge < -0.3 is 16.5 Å². The quantitative estimate of drug-likeness (QED) is 0.624. The molecule has 0 fully saturated rings. The summed E-state index contributed by atoms with van der Waals surface area (Å²) in [7, 11) is 0. The van der Waals surface area contributed by atoms with Gasteiger partial charge in [-0.15, -0.1) is 0 Å². The molecule has 1 aromatic rings. The largest absolute Gasteiger partial charge is 0.368 e. The maximum absolute atomic E-state index is 5.44. The van der Waals surface area contributed by atoms with Crippen molar-refractivity contribution in [2.75, 3.05) is 13.1 Å². The van der Waals surface area contributed by atoms with E-state index >= 15 is 0 Å². The number of hydrazone groups is 1. The van der Waals surface area contributed by atoms with Gasteiger partial charge in [-0.25, -0.2) is 0 Å². The zero-order valence-corrected chi connectivity index (χ0v) is 8.66. The van der Waals surface area contributed by atoms with Crippen LogP contribution in [-0.4, -0.2) is 18.9 Å². The molecule has 0 aromatic heterocycles. The minimum atomic E-state index is 0.704. The summed E-state index contributed by atoms with van der Waals surface area (Å²) in [6.07, 6.45) is 0.960. The first kappa shape index (κ1) is 9.98. The minimum Gasteiger partial charge on any atom is -0.368 e. The summed E-state index contributed by atoms with van der Waals surface area (Å²) < 4.78 is 0. The van der Waals surface area contributed by atoms with Gasteiger partial charge in [0.1, 0.15) is 0 Å². The average Bonchev–Trinajstić information content (AvgIpc) is 2.30. The Labute approximate surface area is 89.6 Å². The molecule has 1 aromatic carbocycles. The normalized spacial score (nSPS) is 13.8. The lowest BCUT2D eigenvalue weighted by Crippen LogP contribution is -2.33. The Kier molecular flexibility index (Phi) is 3.19. The van der Waals surface area contributed by atoms with E-state index in [9.17, 15) is 0 Å². The highest BCUT2D eigenvalue weighted by atomic mass is 15.3. The van der Waals surface area contributed by atoms with Gasteiger partial charge in [0.2, 0.25) is 0 Å². The summed E-state index contributed by atoms with van der Waals surface area (Å²) >= 11 is 0. The molecule has 0 bridgehead atoms. The second kappa shape index (κ2) is 4.79. The molecule has 0 radical (unpaired) electrons. The smallest absolute Gasteiger partial charge is 0.153 e. The third-order valence-corrected chi connectivity index (χ3v) is 2.41. The Morgan fingerprint density at radius 3 is 3.13 bits per heavy atom. The standard InChI is InChI=1S/C11H16N4/c12-6-3-7-13-11-10-5-2-1-4-9(10)8-14-15-11/h1-2,4-5,14H,3,6-8,12H2,(H,13,15). The molecule has 0 aliphatic carbocycles. The van der Waals surface area contributed by atoms with Crippen LogP contribution in [0.3, 0.4) is 0 Å². The van der Waals surface area contributed by atoms with Gasteiger partial charge in [-0.2, -0.15) is 5.10 Å². The molecular formula is C11H16N4. The van der Waals surface area contributed by atoms with Gasteiger partial charge in [-0.05, 0) is 18.5 Å². The van der Waals surface area contributed by atoms with Gasteiger partial charge in [0.05, 0.1) is 6.54 Å². The van der Waals surface area contributed by atoms with Crippen LogP contribution in [0, 0.1) is 0 Å². The van der Waals surface area contributed by atoms with Gasteiger partial charge in [0, 0.05) is 12.1 Å². The Hall–Kier alpha value is -1.55. The van der Waals surface area contributed by atoms with Crippen LogP contribution in [0.25, 0.3) is 0 Å². The number of rotatable bonds is 3. The van der Waals surface area contributed by atoms with Crippen molar-refractivity contribution < 1.29 is 0 Å². The molecule has 1 heterocycles. The summed E-state index contributed by atoms with van der Waals surface area (Å²) in [6, 6.07) is 8.28. The Morgan fingerprint density at radius 1 is 1.40 bits per heavy atom. The molecule has 0 saturated carbocycles. The summed E-state index contributed by atoms with van der Waals surface area (Å²) in [4.78, 5) is 0. The van der Waals surface area contributed by atoms with E-state index in [1.807, 2.05) is 12.1 Å². The molecular weight excluding hydrogens is 188 g/mol. The molecule has 15 heavy (non-hydrogen) atoms. The first-order valence-electron chi connectivity index (χ1n) is 5.24. The first-order valence-corrected chi connectivity index (χ1v) is 5.24. The summed E-state index contributed by atoms with van der Waals surface area (Å²) in [5, 5.41) is 7.54. The fraction of sp³-hybridized carbons (Fsp3) is 0.364. The highest BCUT2D eigenvalue weighted by molar-refractivity contribution is 6.00. The molecule has 4 heteroatoms. The minimum absolute atomic E-state index is 0.704. The van der Waals surface area contributed by atoms with Crippen LogP contribution in [0.15, 0.2) is 29.4 Å². The number of fused-ring (bicyclic) bond motifs is 1. The molecule has 0 amide bonds. The number of nitrogens with zero attached hydrogens (tertiary/aromatic N) is 1. The van der Waals surface area contributed by atoms with E-state index in [-0.39, 0.29) is 0 Å². The molecule has 1 aliphatic rings. The average molecular weight is 204 g/mol. The van der Waals surface area contributed by atoms with Crippen molar-refractivity contribution >= 4 is 5.84 Å². The lowest BCUT2D eigenvalue weighted by Gasteiger charge is -2.18. The monoisotopic (exact) mass is 204 g/mol. The van der Waals surface area contributed by atoms with Crippen molar-refractivity contribution in [3.63, 3.8) is 0 Å². The van der Waals surface area contributed by atoms with Gasteiger partial charge in [-0.1, -0.05) is 24.3 Å². The number of hydrogen-bond acceptors (Lipinski definition) is 4. The molecule has 80 valence electrons. The van der Waals surface area contributed by atoms with E-state index in [2.05, 4.69) is 28.0 Å². The second-order valence-corrected chi connectivity index (χ2v) is 3.52. The van der Waals surface area contributed by atoms with Crippen LogP contribution in [-0.2, 0) is 6.54 Å². The molecule has 2 rings (SSSR count). The Morgan fingerprint density at radius 2 is 2.27 bits per heavy atom. The van der Waals surface area contributed by atoms with Gasteiger partial charge in [-0.3, -0.25) is 0 Å². The van der Waals surface area contributed by atoms with Crippen LogP contribution >= 0.6 is 0 Å². The molecule has 0 unspecified atom stereocenters. The number of nitrogens with two attached hydrogens (primary N) is 1. The van der Waals surface area contributed by atoms with Crippen LogP contribution < -0.4 is 16.5 Å². The maximum atomic E-state index is 5.44. The Bertz CT molecular complexity index is 359. The summed E-state index contributed by atoms with van der Waals surface area (Å²) in [6.45, 7) is 2.37. The highest BCUT2D eigenvalue weighted by Crippen LogP contribution is 2.11. The lowest BCUT2D eigenvalue weighted by atomic mass is 10.1. The molecule has 4 nitrogen and oxygen atoms in total. The molecule has 4 N–H and O–H groups in total. The molecule has 0 spiro atoms. The van der Waals surface area contributed by atoms with E-state index in [4.69, 9.17) is 5.73 Å². The van der Waals surface area contributed by atoms with Crippen molar-refractivity contribution in [1.29, 1.82) is 0 Å². The lowest BCUT2D eigenvalue weighted by molar-refractivity contribution is 0.704. The van der Waals surface area contributed by atoms with Crippen molar-refractivity contribution in [3.05, 3.63) is 35.4 Å². The van der Waals surface area contributed by atoms with Crippen LogP contribution in [0.4, 0.5) is 0 Å². The number of amidine groups is 1. The molecule has 0 saturated heterocycles. The third-order valence-electron chi connectivity index (χ3n) is 2.41. The fourth-order valence-corrected chi connectivity index (χ4v) is 1.61. The fourth-order valence-electron chi connectivity index (χ4n) is 1.61. The van der Waals surface area contributed by atoms with Crippen molar-refractivity contribution in [2.24, 2.45) is 10.8 Å².